The van der Waals surface area contributed by atoms with E-state index in [-0.39, 0.29) is 4.90 Å². The standard InChI is InChI=1S/C19H22ClN3O4S/c1-22-6-8-23(9-7-22)17-4-2-14(20)12-16(17)21-28(24,25)15-3-5-18-19(13-15)27-11-10-26-18/h2-5,12-13,21H,6-11H2,1H3. The van der Waals surface area contributed by atoms with Crippen LogP contribution in [0.1, 0.15) is 0 Å². The second kappa shape index (κ2) is 7.69. The number of likely N-dealkylation sites (N-methyl/N-ethyl adjacent to an activating group) is 1. The normalized spacial score (nSPS) is 17.4. The van der Waals surface area contributed by atoms with Crippen molar-refractivity contribution in [3.05, 3.63) is 41.4 Å². The first-order valence-electron chi connectivity index (χ1n) is 9.08. The van der Waals surface area contributed by atoms with E-state index in [0.717, 1.165) is 31.9 Å². The van der Waals surface area contributed by atoms with Gasteiger partial charge in [0.1, 0.15) is 13.2 Å². The summed E-state index contributed by atoms with van der Waals surface area (Å²) in [6.45, 7) is 4.31. The molecule has 0 aliphatic carbocycles. The lowest BCUT2D eigenvalue weighted by Gasteiger charge is -2.35. The molecule has 2 aromatic rings. The molecule has 0 unspecified atom stereocenters. The Balaban J connectivity index is 1.63. The SMILES string of the molecule is CN1CCN(c2ccc(Cl)cc2NS(=O)(=O)c2ccc3c(c2)OCCO3)CC1. The Morgan fingerprint density at radius 2 is 1.68 bits per heavy atom. The first-order chi connectivity index (χ1) is 13.4. The molecule has 28 heavy (non-hydrogen) atoms. The van der Waals surface area contributed by atoms with Crippen LogP contribution in [-0.2, 0) is 10.0 Å². The lowest BCUT2D eigenvalue weighted by Crippen LogP contribution is -2.44. The van der Waals surface area contributed by atoms with E-state index < -0.39 is 10.0 Å². The van der Waals surface area contributed by atoms with Crippen LogP contribution in [-0.4, -0.2) is 59.8 Å². The van der Waals surface area contributed by atoms with Crippen LogP contribution >= 0.6 is 11.6 Å². The zero-order valence-electron chi connectivity index (χ0n) is 15.5. The molecule has 1 N–H and O–H groups in total. The molecule has 2 aliphatic heterocycles. The van der Waals surface area contributed by atoms with Gasteiger partial charge in [-0.1, -0.05) is 11.6 Å². The van der Waals surface area contributed by atoms with Crippen molar-refractivity contribution in [2.45, 2.75) is 4.90 Å². The average molecular weight is 424 g/mol. The number of halogens is 1. The molecular weight excluding hydrogens is 402 g/mol. The summed E-state index contributed by atoms with van der Waals surface area (Å²) in [5, 5.41) is 0.470. The fourth-order valence-corrected chi connectivity index (χ4v) is 4.56. The second-order valence-electron chi connectivity index (χ2n) is 6.86. The number of hydrogen-bond acceptors (Lipinski definition) is 6. The Hall–Kier alpha value is -2.16. The largest absolute Gasteiger partial charge is 0.486 e. The van der Waals surface area contributed by atoms with Crippen LogP contribution in [0.25, 0.3) is 0 Å². The smallest absolute Gasteiger partial charge is 0.262 e. The summed E-state index contributed by atoms with van der Waals surface area (Å²) in [4.78, 5) is 4.52. The molecule has 1 saturated heterocycles. The van der Waals surface area contributed by atoms with Crippen LogP contribution in [0.2, 0.25) is 5.02 Å². The van der Waals surface area contributed by atoms with Crippen molar-refractivity contribution in [3.8, 4) is 11.5 Å². The van der Waals surface area contributed by atoms with E-state index in [1.807, 2.05) is 6.07 Å². The number of ether oxygens (including phenoxy) is 2. The van der Waals surface area contributed by atoms with E-state index in [9.17, 15) is 8.42 Å². The maximum atomic E-state index is 13.0. The van der Waals surface area contributed by atoms with Gasteiger partial charge in [-0.25, -0.2) is 8.42 Å². The van der Waals surface area contributed by atoms with Crippen LogP contribution in [0.3, 0.4) is 0 Å². The van der Waals surface area contributed by atoms with Gasteiger partial charge in [0.2, 0.25) is 0 Å². The fraction of sp³-hybridized carbons (Fsp3) is 0.368. The molecule has 0 atom stereocenters. The van der Waals surface area contributed by atoms with Crippen LogP contribution in [0.15, 0.2) is 41.3 Å². The summed E-state index contributed by atoms with van der Waals surface area (Å²) < 4.78 is 39.7. The van der Waals surface area contributed by atoms with Crippen molar-refractivity contribution in [2.75, 3.05) is 56.1 Å². The fourth-order valence-electron chi connectivity index (χ4n) is 3.31. The van der Waals surface area contributed by atoms with Crippen molar-refractivity contribution in [1.82, 2.24) is 4.90 Å². The number of nitrogens with one attached hydrogen (secondary N) is 1. The molecule has 0 saturated carbocycles. The summed E-state index contributed by atoms with van der Waals surface area (Å²) in [6, 6.07) is 9.88. The average Bonchev–Trinajstić information content (AvgIpc) is 2.68. The van der Waals surface area contributed by atoms with E-state index >= 15 is 0 Å². The number of hydrogen-bond donors (Lipinski definition) is 1. The second-order valence-corrected chi connectivity index (χ2v) is 8.98. The quantitative estimate of drug-likeness (QED) is 0.815. The summed E-state index contributed by atoms with van der Waals surface area (Å²) in [5.41, 5.74) is 1.28. The number of rotatable bonds is 4. The molecule has 150 valence electrons. The molecule has 2 aliphatic rings. The Morgan fingerprint density at radius 1 is 0.964 bits per heavy atom. The van der Waals surface area contributed by atoms with Crippen molar-refractivity contribution in [1.29, 1.82) is 0 Å². The van der Waals surface area contributed by atoms with Crippen LogP contribution in [0, 0.1) is 0 Å². The predicted octanol–water partition coefficient (Wildman–Crippen LogP) is 2.66. The van der Waals surface area contributed by atoms with Crippen molar-refractivity contribution in [3.63, 3.8) is 0 Å². The highest BCUT2D eigenvalue weighted by atomic mass is 35.5. The van der Waals surface area contributed by atoms with Gasteiger partial charge in [0.15, 0.2) is 11.5 Å². The van der Waals surface area contributed by atoms with E-state index in [2.05, 4.69) is 21.6 Å². The third-order valence-corrected chi connectivity index (χ3v) is 6.47. The van der Waals surface area contributed by atoms with E-state index in [4.69, 9.17) is 21.1 Å². The van der Waals surface area contributed by atoms with E-state index in [0.29, 0.717) is 35.4 Å². The van der Waals surface area contributed by atoms with Gasteiger partial charge in [-0.3, -0.25) is 4.72 Å². The first kappa shape index (κ1) is 19.2. The van der Waals surface area contributed by atoms with Gasteiger partial charge < -0.3 is 19.3 Å². The molecule has 0 aromatic heterocycles. The van der Waals surface area contributed by atoms with Crippen LogP contribution in [0.5, 0.6) is 11.5 Å². The molecule has 0 amide bonds. The minimum atomic E-state index is -3.82. The summed E-state index contributed by atoms with van der Waals surface area (Å²) in [7, 11) is -1.74. The summed E-state index contributed by atoms with van der Waals surface area (Å²) in [6.07, 6.45) is 0. The lowest BCUT2D eigenvalue weighted by atomic mass is 10.2. The topological polar surface area (TPSA) is 71.1 Å². The molecule has 0 bridgehead atoms. The predicted molar refractivity (Wildman–Crippen MR) is 109 cm³/mol. The third kappa shape index (κ3) is 3.99. The summed E-state index contributed by atoms with van der Waals surface area (Å²) >= 11 is 6.15. The molecule has 2 heterocycles. The summed E-state index contributed by atoms with van der Waals surface area (Å²) in [5.74, 6) is 0.977. The van der Waals surface area contributed by atoms with Gasteiger partial charge in [-0.15, -0.1) is 0 Å². The van der Waals surface area contributed by atoms with Gasteiger partial charge >= 0.3 is 0 Å². The number of anilines is 2. The highest BCUT2D eigenvalue weighted by Gasteiger charge is 2.23. The Morgan fingerprint density at radius 3 is 2.43 bits per heavy atom. The van der Waals surface area contributed by atoms with Crippen LogP contribution in [0.4, 0.5) is 11.4 Å². The van der Waals surface area contributed by atoms with Gasteiger partial charge in [0, 0.05) is 37.3 Å². The van der Waals surface area contributed by atoms with Crippen LogP contribution < -0.4 is 19.1 Å². The Labute approximate surface area is 169 Å². The highest BCUT2D eigenvalue weighted by molar-refractivity contribution is 7.92. The van der Waals surface area contributed by atoms with Gasteiger partial charge in [0.25, 0.3) is 10.0 Å². The molecular formula is C19H22ClN3O4S. The first-order valence-corrected chi connectivity index (χ1v) is 10.9. The minimum absolute atomic E-state index is 0.112. The molecule has 0 radical (unpaired) electrons. The third-order valence-electron chi connectivity index (χ3n) is 4.87. The molecule has 1 fully saturated rings. The van der Waals surface area contributed by atoms with Crippen molar-refractivity contribution in [2.24, 2.45) is 0 Å². The van der Waals surface area contributed by atoms with E-state index in [1.54, 1.807) is 18.2 Å². The molecule has 9 heteroatoms. The number of nitrogens with zero attached hydrogens (tertiary/aromatic N) is 2. The van der Waals surface area contributed by atoms with Crippen molar-refractivity contribution >= 4 is 33.0 Å². The van der Waals surface area contributed by atoms with Gasteiger partial charge in [-0.2, -0.15) is 0 Å². The lowest BCUT2D eigenvalue weighted by molar-refractivity contribution is 0.171. The molecule has 2 aromatic carbocycles. The monoisotopic (exact) mass is 423 g/mol. The highest BCUT2D eigenvalue weighted by Crippen LogP contribution is 2.35. The maximum Gasteiger partial charge on any atom is 0.262 e. The van der Waals surface area contributed by atoms with Gasteiger partial charge in [0.05, 0.1) is 16.3 Å². The molecule has 0 spiro atoms. The number of fused-ring (bicyclic) bond motifs is 1. The maximum absolute atomic E-state index is 13.0. The Kier molecular flexibility index (Phi) is 5.27. The van der Waals surface area contributed by atoms with E-state index in [1.165, 1.54) is 12.1 Å². The minimum Gasteiger partial charge on any atom is -0.486 e. The van der Waals surface area contributed by atoms with Gasteiger partial charge in [-0.05, 0) is 37.4 Å². The molecule has 7 nitrogen and oxygen atoms in total. The number of sulfonamides is 1. The van der Waals surface area contributed by atoms with Crippen molar-refractivity contribution < 1.29 is 17.9 Å². The number of piperazine rings is 1. The number of benzene rings is 2. The Bertz CT molecular complexity index is 975. The zero-order chi connectivity index (χ0) is 19.7. The molecule has 4 rings (SSSR count). The zero-order valence-corrected chi connectivity index (χ0v) is 17.1.